The van der Waals surface area contributed by atoms with Gasteiger partial charge in [0.1, 0.15) is 17.4 Å². The number of anilines is 1. The normalized spacial score (nSPS) is 10.5. The first-order valence-electron chi connectivity index (χ1n) is 6.87. The van der Waals surface area contributed by atoms with Crippen LogP contribution >= 0.6 is 23.2 Å². The maximum absolute atomic E-state index is 6.10. The summed E-state index contributed by atoms with van der Waals surface area (Å²) in [6.45, 7) is 4.94. The van der Waals surface area contributed by atoms with Crippen LogP contribution in [-0.2, 0) is 6.42 Å². The number of rotatable bonds is 6. The third-order valence-electron chi connectivity index (χ3n) is 2.73. The molecular formula is C15H17Cl2N3O. The summed E-state index contributed by atoms with van der Waals surface area (Å²) >= 11 is 12.1. The lowest BCUT2D eigenvalue weighted by molar-refractivity contribution is 0.459. The van der Waals surface area contributed by atoms with Crippen LogP contribution in [-0.4, -0.2) is 16.5 Å². The molecule has 0 atom stereocenters. The molecule has 1 N–H and O–H groups in total. The standard InChI is InChI=1S/C15H17Cl2N3O/c1-3-7-18-14-9-15(20-13(4-2)19-14)21-12-8-10(16)5-6-11(12)17/h5-6,8-9H,3-4,7H2,1-2H3,(H,18,19,20). The summed E-state index contributed by atoms with van der Waals surface area (Å²) in [5.74, 6) is 2.39. The Labute approximate surface area is 134 Å². The highest BCUT2D eigenvalue weighted by atomic mass is 35.5. The molecule has 4 nitrogen and oxygen atoms in total. The van der Waals surface area contributed by atoms with Crippen molar-refractivity contribution in [2.75, 3.05) is 11.9 Å². The molecule has 0 fully saturated rings. The third kappa shape index (κ3) is 4.48. The molecule has 1 aromatic heterocycles. The van der Waals surface area contributed by atoms with Crippen molar-refractivity contribution in [2.45, 2.75) is 26.7 Å². The predicted octanol–water partition coefficient (Wildman–Crippen LogP) is 4.96. The van der Waals surface area contributed by atoms with Crippen molar-refractivity contribution in [3.8, 4) is 11.6 Å². The number of hydrogen-bond acceptors (Lipinski definition) is 4. The largest absolute Gasteiger partial charge is 0.437 e. The van der Waals surface area contributed by atoms with E-state index in [9.17, 15) is 0 Å². The first-order valence-corrected chi connectivity index (χ1v) is 7.62. The number of nitrogens with one attached hydrogen (secondary N) is 1. The van der Waals surface area contributed by atoms with Gasteiger partial charge in [0.25, 0.3) is 0 Å². The van der Waals surface area contributed by atoms with Crippen LogP contribution < -0.4 is 10.1 Å². The first-order chi connectivity index (χ1) is 10.1. The molecule has 112 valence electrons. The number of halogens is 2. The van der Waals surface area contributed by atoms with Gasteiger partial charge in [0, 0.05) is 30.1 Å². The van der Waals surface area contributed by atoms with E-state index >= 15 is 0 Å². The summed E-state index contributed by atoms with van der Waals surface area (Å²) in [6.07, 6.45) is 1.74. The maximum Gasteiger partial charge on any atom is 0.224 e. The summed E-state index contributed by atoms with van der Waals surface area (Å²) in [4.78, 5) is 8.76. The van der Waals surface area contributed by atoms with Crippen molar-refractivity contribution in [1.29, 1.82) is 0 Å². The summed E-state index contributed by atoms with van der Waals surface area (Å²) < 4.78 is 5.75. The minimum absolute atomic E-state index is 0.449. The Morgan fingerprint density at radius 3 is 2.67 bits per heavy atom. The lowest BCUT2D eigenvalue weighted by Gasteiger charge is -2.11. The Balaban J connectivity index is 2.27. The fraction of sp³-hybridized carbons (Fsp3) is 0.333. The van der Waals surface area contributed by atoms with Crippen molar-refractivity contribution < 1.29 is 4.74 Å². The van der Waals surface area contributed by atoms with E-state index in [2.05, 4.69) is 22.2 Å². The van der Waals surface area contributed by atoms with Crippen LogP contribution in [0.4, 0.5) is 5.82 Å². The fourth-order valence-corrected chi connectivity index (χ4v) is 2.01. The molecule has 1 heterocycles. The second kappa shape index (κ2) is 7.48. The highest BCUT2D eigenvalue weighted by Crippen LogP contribution is 2.31. The molecule has 2 rings (SSSR count). The zero-order valence-corrected chi connectivity index (χ0v) is 13.5. The topological polar surface area (TPSA) is 47.0 Å². The smallest absolute Gasteiger partial charge is 0.224 e. The van der Waals surface area contributed by atoms with Crippen LogP contribution in [0.3, 0.4) is 0 Å². The van der Waals surface area contributed by atoms with Gasteiger partial charge in [0.15, 0.2) is 0 Å². The molecule has 0 radical (unpaired) electrons. The molecule has 0 saturated heterocycles. The van der Waals surface area contributed by atoms with E-state index in [0.29, 0.717) is 27.5 Å². The van der Waals surface area contributed by atoms with Crippen LogP contribution in [0, 0.1) is 0 Å². The van der Waals surface area contributed by atoms with Gasteiger partial charge >= 0.3 is 0 Å². The zero-order valence-electron chi connectivity index (χ0n) is 12.0. The second-order valence-corrected chi connectivity index (χ2v) is 5.31. The van der Waals surface area contributed by atoms with Gasteiger partial charge in [-0.25, -0.2) is 4.98 Å². The van der Waals surface area contributed by atoms with Crippen LogP contribution in [0.1, 0.15) is 26.1 Å². The van der Waals surface area contributed by atoms with Gasteiger partial charge in [-0.1, -0.05) is 37.0 Å². The Morgan fingerprint density at radius 1 is 1.14 bits per heavy atom. The first kappa shape index (κ1) is 15.9. The van der Waals surface area contributed by atoms with Crippen LogP contribution in [0.15, 0.2) is 24.3 Å². The molecular weight excluding hydrogens is 309 g/mol. The van der Waals surface area contributed by atoms with Gasteiger partial charge in [-0.05, 0) is 18.6 Å². The fourth-order valence-electron chi connectivity index (χ4n) is 1.69. The number of aromatic nitrogens is 2. The van der Waals surface area contributed by atoms with Gasteiger partial charge in [-0.3, -0.25) is 0 Å². The van der Waals surface area contributed by atoms with E-state index in [4.69, 9.17) is 27.9 Å². The quantitative estimate of drug-likeness (QED) is 0.815. The SMILES string of the molecule is CCCNc1cc(Oc2cc(Cl)ccc2Cl)nc(CC)n1. The lowest BCUT2D eigenvalue weighted by Crippen LogP contribution is -2.05. The molecule has 0 spiro atoms. The van der Waals surface area contributed by atoms with Crippen LogP contribution in [0.5, 0.6) is 11.6 Å². The van der Waals surface area contributed by atoms with E-state index in [-0.39, 0.29) is 0 Å². The van der Waals surface area contributed by atoms with Gasteiger partial charge in [-0.2, -0.15) is 4.98 Å². The number of ether oxygens (including phenoxy) is 1. The van der Waals surface area contributed by atoms with Crippen LogP contribution in [0.2, 0.25) is 10.0 Å². The molecule has 0 unspecified atom stereocenters. The Hall–Kier alpha value is -1.52. The van der Waals surface area contributed by atoms with Crippen molar-refractivity contribution in [2.24, 2.45) is 0 Å². The third-order valence-corrected chi connectivity index (χ3v) is 3.28. The minimum atomic E-state index is 0.449. The zero-order chi connectivity index (χ0) is 15.2. The monoisotopic (exact) mass is 325 g/mol. The van der Waals surface area contributed by atoms with Gasteiger partial charge in [0.2, 0.25) is 5.88 Å². The lowest BCUT2D eigenvalue weighted by atomic mass is 10.3. The highest BCUT2D eigenvalue weighted by Gasteiger charge is 2.08. The molecule has 0 amide bonds. The maximum atomic E-state index is 6.10. The van der Waals surface area contributed by atoms with E-state index in [1.807, 2.05) is 6.92 Å². The van der Waals surface area contributed by atoms with E-state index < -0.39 is 0 Å². The molecule has 0 saturated carbocycles. The highest BCUT2D eigenvalue weighted by molar-refractivity contribution is 6.34. The van der Waals surface area contributed by atoms with E-state index in [0.717, 1.165) is 25.2 Å². The van der Waals surface area contributed by atoms with Gasteiger partial charge in [-0.15, -0.1) is 0 Å². The molecule has 0 bridgehead atoms. The number of benzene rings is 1. The van der Waals surface area contributed by atoms with Crippen molar-refractivity contribution in [1.82, 2.24) is 9.97 Å². The van der Waals surface area contributed by atoms with Crippen molar-refractivity contribution in [3.63, 3.8) is 0 Å². The molecule has 1 aromatic carbocycles. The van der Waals surface area contributed by atoms with Crippen LogP contribution in [0.25, 0.3) is 0 Å². The summed E-state index contributed by atoms with van der Waals surface area (Å²) in [5, 5.41) is 4.28. The number of hydrogen-bond donors (Lipinski definition) is 1. The summed E-state index contributed by atoms with van der Waals surface area (Å²) in [7, 11) is 0. The molecule has 0 aliphatic carbocycles. The minimum Gasteiger partial charge on any atom is -0.437 e. The van der Waals surface area contributed by atoms with E-state index in [1.165, 1.54) is 0 Å². The Kier molecular flexibility index (Phi) is 5.65. The molecule has 0 aliphatic rings. The Bertz CT molecular complexity index is 620. The predicted molar refractivity (Wildman–Crippen MR) is 86.7 cm³/mol. The molecule has 21 heavy (non-hydrogen) atoms. The van der Waals surface area contributed by atoms with Crippen molar-refractivity contribution in [3.05, 3.63) is 40.1 Å². The average molecular weight is 326 g/mol. The number of aryl methyl sites for hydroxylation is 1. The van der Waals surface area contributed by atoms with Gasteiger partial charge < -0.3 is 10.1 Å². The average Bonchev–Trinajstić information content (AvgIpc) is 2.48. The molecule has 2 aromatic rings. The Morgan fingerprint density at radius 2 is 1.95 bits per heavy atom. The summed E-state index contributed by atoms with van der Waals surface area (Å²) in [6, 6.07) is 6.82. The number of nitrogens with zero attached hydrogens (tertiary/aromatic N) is 2. The molecule has 6 heteroatoms. The molecule has 0 aliphatic heterocycles. The van der Waals surface area contributed by atoms with E-state index in [1.54, 1.807) is 24.3 Å². The second-order valence-electron chi connectivity index (χ2n) is 4.46. The summed E-state index contributed by atoms with van der Waals surface area (Å²) in [5.41, 5.74) is 0. The van der Waals surface area contributed by atoms with Crippen molar-refractivity contribution >= 4 is 29.0 Å². The van der Waals surface area contributed by atoms with Gasteiger partial charge in [0.05, 0.1) is 5.02 Å².